The summed E-state index contributed by atoms with van der Waals surface area (Å²) in [7, 11) is 0. The third kappa shape index (κ3) is 2.51. The van der Waals surface area contributed by atoms with E-state index in [1.807, 2.05) is 0 Å². The Hall–Kier alpha value is -0.910. The van der Waals surface area contributed by atoms with E-state index in [9.17, 15) is 0 Å². The summed E-state index contributed by atoms with van der Waals surface area (Å²) in [6.45, 7) is 11.1. The molecule has 0 unspecified atom stereocenters. The summed E-state index contributed by atoms with van der Waals surface area (Å²) in [5.74, 6) is 1.38. The lowest BCUT2D eigenvalue weighted by Crippen LogP contribution is -2.11. The second kappa shape index (κ2) is 3.45. The second-order valence-electron chi connectivity index (χ2n) is 4.83. The molecule has 0 N–H and O–H groups in total. The first-order valence-corrected chi connectivity index (χ1v) is 4.82. The number of rotatable bonds is 1. The van der Waals surface area contributed by atoms with Crippen LogP contribution in [0.25, 0.3) is 0 Å². The Bertz CT molecular complexity index is 276. The minimum atomic E-state index is 0.255. The third-order valence-corrected chi connectivity index (χ3v) is 2.31. The standard InChI is InChI=1S/C13H19/c1-10(2)11-7-6-8-12(9-11)13(3,4)5/h6-9H,1-5H3/q-1. The highest BCUT2D eigenvalue weighted by atomic mass is 14.2. The van der Waals surface area contributed by atoms with Crippen molar-refractivity contribution in [1.82, 2.24) is 0 Å². The normalized spacial score (nSPS) is 11.5. The van der Waals surface area contributed by atoms with E-state index in [2.05, 4.69) is 58.9 Å². The number of hydrogen-bond donors (Lipinski definition) is 0. The molecule has 0 bridgehead atoms. The third-order valence-electron chi connectivity index (χ3n) is 2.31. The van der Waals surface area contributed by atoms with E-state index in [1.54, 1.807) is 0 Å². The quantitative estimate of drug-likeness (QED) is 0.567. The fourth-order valence-corrected chi connectivity index (χ4v) is 1.30. The highest BCUT2D eigenvalue weighted by Crippen LogP contribution is 2.24. The second-order valence-corrected chi connectivity index (χ2v) is 4.83. The van der Waals surface area contributed by atoms with Crippen LogP contribution in [0.1, 0.15) is 45.7 Å². The molecule has 13 heavy (non-hydrogen) atoms. The predicted molar refractivity (Wildman–Crippen MR) is 58.8 cm³/mol. The molecule has 0 atom stereocenters. The van der Waals surface area contributed by atoms with Crippen molar-refractivity contribution >= 4 is 0 Å². The molecule has 0 aliphatic carbocycles. The van der Waals surface area contributed by atoms with E-state index < -0.39 is 0 Å². The first kappa shape index (κ1) is 10.2. The van der Waals surface area contributed by atoms with Crippen LogP contribution >= 0.6 is 0 Å². The smallest absolute Gasteiger partial charge is 0.0246 e. The predicted octanol–water partition coefficient (Wildman–Crippen LogP) is 3.95. The van der Waals surface area contributed by atoms with Gasteiger partial charge in [-0.2, -0.15) is 23.6 Å². The van der Waals surface area contributed by atoms with Gasteiger partial charge in [-0.3, -0.25) is 0 Å². The van der Waals surface area contributed by atoms with Crippen molar-refractivity contribution in [2.24, 2.45) is 0 Å². The molecule has 1 aromatic carbocycles. The van der Waals surface area contributed by atoms with Crippen molar-refractivity contribution in [3.05, 3.63) is 41.3 Å². The Morgan fingerprint density at radius 3 is 2.15 bits per heavy atom. The van der Waals surface area contributed by atoms with E-state index in [4.69, 9.17) is 0 Å². The molecule has 0 saturated carbocycles. The highest BCUT2D eigenvalue weighted by molar-refractivity contribution is 5.35. The van der Waals surface area contributed by atoms with Gasteiger partial charge in [0, 0.05) is 0 Å². The average molecular weight is 175 g/mol. The molecule has 0 spiro atoms. The maximum absolute atomic E-state index is 2.29. The van der Waals surface area contributed by atoms with Crippen LogP contribution in [0.5, 0.6) is 0 Å². The van der Waals surface area contributed by atoms with Crippen LogP contribution in [0.2, 0.25) is 0 Å². The molecule has 0 nitrogen and oxygen atoms in total. The van der Waals surface area contributed by atoms with Crippen molar-refractivity contribution in [2.45, 2.75) is 40.0 Å². The largest absolute Gasteiger partial charge is 0.189 e. The first-order chi connectivity index (χ1) is 5.91. The van der Waals surface area contributed by atoms with E-state index in [0.29, 0.717) is 0 Å². The Labute approximate surface area is 82.0 Å². The molecule has 0 heteroatoms. The molecule has 0 radical (unpaired) electrons. The molecule has 0 heterocycles. The molecular formula is C13H19-. The molecule has 0 aliphatic heterocycles. The fraction of sp³-hybridized carbons (Fsp3) is 0.462. The molecule has 0 aliphatic rings. The van der Waals surface area contributed by atoms with Gasteiger partial charge in [-0.15, -0.1) is 6.07 Å². The SMILES string of the molecule is C[C-](C)c1cccc(C(C)(C)C)c1. The van der Waals surface area contributed by atoms with Gasteiger partial charge in [0.2, 0.25) is 0 Å². The minimum absolute atomic E-state index is 0.255. The van der Waals surface area contributed by atoms with Crippen molar-refractivity contribution in [3.8, 4) is 0 Å². The van der Waals surface area contributed by atoms with Crippen LogP contribution in [0, 0.1) is 5.92 Å². The average Bonchev–Trinajstić information content (AvgIpc) is 2.03. The Morgan fingerprint density at radius 2 is 1.69 bits per heavy atom. The van der Waals surface area contributed by atoms with Gasteiger partial charge in [0.05, 0.1) is 0 Å². The molecule has 1 rings (SSSR count). The molecule has 72 valence electrons. The van der Waals surface area contributed by atoms with E-state index in [1.165, 1.54) is 17.0 Å². The van der Waals surface area contributed by atoms with Gasteiger partial charge in [-0.25, -0.2) is 0 Å². The van der Waals surface area contributed by atoms with Gasteiger partial charge < -0.3 is 0 Å². The first-order valence-electron chi connectivity index (χ1n) is 4.82. The van der Waals surface area contributed by atoms with Gasteiger partial charge in [0.15, 0.2) is 0 Å². The van der Waals surface area contributed by atoms with Gasteiger partial charge >= 0.3 is 0 Å². The van der Waals surface area contributed by atoms with Gasteiger partial charge in [-0.05, 0) is 5.41 Å². The van der Waals surface area contributed by atoms with Crippen LogP contribution in [0.3, 0.4) is 0 Å². The van der Waals surface area contributed by atoms with Crippen molar-refractivity contribution in [3.63, 3.8) is 0 Å². The van der Waals surface area contributed by atoms with Gasteiger partial charge in [-0.1, -0.05) is 46.2 Å². The summed E-state index contributed by atoms with van der Waals surface area (Å²) in [6.07, 6.45) is 0. The molecule has 1 aromatic rings. The summed E-state index contributed by atoms with van der Waals surface area (Å²) in [5, 5.41) is 0. The summed E-state index contributed by atoms with van der Waals surface area (Å²) in [5.41, 5.74) is 3.02. The zero-order valence-corrected chi connectivity index (χ0v) is 9.31. The highest BCUT2D eigenvalue weighted by Gasteiger charge is 2.10. The van der Waals surface area contributed by atoms with Crippen LogP contribution in [-0.4, -0.2) is 0 Å². The molecule has 0 saturated heterocycles. The minimum Gasteiger partial charge on any atom is -0.189 e. The Morgan fingerprint density at radius 1 is 1.08 bits per heavy atom. The zero-order valence-electron chi connectivity index (χ0n) is 9.31. The van der Waals surface area contributed by atoms with E-state index in [-0.39, 0.29) is 5.41 Å². The van der Waals surface area contributed by atoms with Crippen molar-refractivity contribution in [1.29, 1.82) is 0 Å². The van der Waals surface area contributed by atoms with Crippen LogP contribution in [0.4, 0.5) is 0 Å². The number of benzene rings is 1. The van der Waals surface area contributed by atoms with Crippen molar-refractivity contribution < 1.29 is 0 Å². The molecule has 0 fully saturated rings. The summed E-state index contributed by atoms with van der Waals surface area (Å²) < 4.78 is 0. The molecule has 0 amide bonds. The summed E-state index contributed by atoms with van der Waals surface area (Å²) >= 11 is 0. The van der Waals surface area contributed by atoms with E-state index >= 15 is 0 Å². The lowest BCUT2D eigenvalue weighted by Gasteiger charge is -2.25. The summed E-state index contributed by atoms with van der Waals surface area (Å²) in [4.78, 5) is 0. The van der Waals surface area contributed by atoms with Crippen molar-refractivity contribution in [2.75, 3.05) is 0 Å². The lowest BCUT2D eigenvalue weighted by atomic mass is 9.85. The fourth-order valence-electron chi connectivity index (χ4n) is 1.30. The zero-order chi connectivity index (χ0) is 10.1. The Balaban J connectivity index is 3.06. The van der Waals surface area contributed by atoms with Crippen LogP contribution in [0.15, 0.2) is 24.3 Å². The maximum atomic E-state index is 2.29. The summed E-state index contributed by atoms with van der Waals surface area (Å²) in [6, 6.07) is 8.80. The van der Waals surface area contributed by atoms with Gasteiger partial charge in [0.25, 0.3) is 0 Å². The Kier molecular flexibility index (Phi) is 2.70. The lowest BCUT2D eigenvalue weighted by molar-refractivity contribution is 0.589. The number of hydrogen-bond acceptors (Lipinski definition) is 0. The van der Waals surface area contributed by atoms with Crippen LogP contribution in [-0.2, 0) is 5.41 Å². The topological polar surface area (TPSA) is 0 Å². The molecule has 0 aromatic heterocycles. The maximum Gasteiger partial charge on any atom is -0.0246 e. The van der Waals surface area contributed by atoms with Crippen LogP contribution < -0.4 is 0 Å². The van der Waals surface area contributed by atoms with Gasteiger partial charge in [0.1, 0.15) is 0 Å². The van der Waals surface area contributed by atoms with E-state index in [0.717, 1.165) is 0 Å². The molecular weight excluding hydrogens is 156 g/mol. The monoisotopic (exact) mass is 175 g/mol.